The van der Waals surface area contributed by atoms with E-state index in [2.05, 4.69) is 22.2 Å². The zero-order valence-corrected chi connectivity index (χ0v) is 13.7. The van der Waals surface area contributed by atoms with Crippen LogP contribution in [0.1, 0.15) is 71.1 Å². The fourth-order valence-corrected chi connectivity index (χ4v) is 2.51. The lowest BCUT2D eigenvalue weighted by atomic mass is 10.1. The number of rotatable bonds is 12. The van der Waals surface area contributed by atoms with Crippen LogP contribution in [0.3, 0.4) is 0 Å². The maximum absolute atomic E-state index is 11.6. The first-order valence-electron chi connectivity index (χ1n) is 8.51. The lowest BCUT2D eigenvalue weighted by Gasteiger charge is -2.07. The quantitative estimate of drug-likeness (QED) is 0.445. The molecule has 0 radical (unpaired) electrons. The molecule has 0 spiro atoms. The van der Waals surface area contributed by atoms with Crippen LogP contribution in [0, 0.1) is 0 Å². The largest absolute Gasteiger partial charge is 0.383 e. The molecule has 22 heavy (non-hydrogen) atoms. The number of hydrogen-bond donors (Lipinski definition) is 4. The van der Waals surface area contributed by atoms with Crippen molar-refractivity contribution in [2.24, 2.45) is 0 Å². The zero-order chi connectivity index (χ0) is 16.2. The first-order chi connectivity index (χ1) is 10.6. The minimum Gasteiger partial charge on any atom is -0.383 e. The van der Waals surface area contributed by atoms with Gasteiger partial charge in [0.1, 0.15) is 11.5 Å². The molecule has 0 unspecified atom stereocenters. The van der Waals surface area contributed by atoms with Gasteiger partial charge in [-0.2, -0.15) is 0 Å². The summed E-state index contributed by atoms with van der Waals surface area (Å²) in [6.07, 6.45) is 12.7. The molecule has 5 N–H and O–H groups in total. The van der Waals surface area contributed by atoms with Gasteiger partial charge >= 0.3 is 5.69 Å². The Kier molecular flexibility index (Phi) is 9.11. The Morgan fingerprint density at radius 2 is 1.41 bits per heavy atom. The molecular formula is C16H30N4O2. The Balaban J connectivity index is 2.05. The van der Waals surface area contributed by atoms with E-state index in [1.165, 1.54) is 51.4 Å². The van der Waals surface area contributed by atoms with Crippen LogP contribution in [0.15, 0.2) is 9.59 Å². The van der Waals surface area contributed by atoms with Crippen molar-refractivity contribution in [2.75, 3.05) is 17.6 Å². The molecular weight excluding hydrogens is 280 g/mol. The first-order valence-corrected chi connectivity index (χ1v) is 8.51. The van der Waals surface area contributed by atoms with Crippen LogP contribution in [0.4, 0.5) is 11.5 Å². The Morgan fingerprint density at radius 3 is 1.95 bits per heavy atom. The SMILES string of the molecule is CCCCCCCCCCCCNc1c(N)[nH]c(=O)[nH]c1=O. The smallest absolute Gasteiger partial charge is 0.327 e. The second-order valence-electron chi connectivity index (χ2n) is 5.81. The number of nitrogens with two attached hydrogens (primary N) is 1. The summed E-state index contributed by atoms with van der Waals surface area (Å²) in [5.74, 6) is 0.0980. The molecule has 0 saturated carbocycles. The summed E-state index contributed by atoms with van der Waals surface area (Å²) in [6.45, 7) is 2.93. The minimum atomic E-state index is -0.577. The van der Waals surface area contributed by atoms with Gasteiger partial charge < -0.3 is 11.1 Å². The van der Waals surface area contributed by atoms with E-state index in [1.807, 2.05) is 0 Å². The highest BCUT2D eigenvalue weighted by Gasteiger charge is 2.04. The zero-order valence-electron chi connectivity index (χ0n) is 13.7. The topological polar surface area (TPSA) is 104 Å². The standard InChI is InChI=1S/C16H30N4O2/c1-2-3-4-5-6-7-8-9-10-11-12-18-13-14(17)19-16(22)20-15(13)21/h18H,2-12H2,1H3,(H4,17,19,20,21,22). The van der Waals surface area contributed by atoms with Crippen molar-refractivity contribution >= 4 is 11.5 Å². The van der Waals surface area contributed by atoms with Crippen LogP contribution >= 0.6 is 0 Å². The van der Waals surface area contributed by atoms with Crippen molar-refractivity contribution in [3.8, 4) is 0 Å². The molecule has 126 valence electrons. The van der Waals surface area contributed by atoms with Gasteiger partial charge in [-0.15, -0.1) is 0 Å². The molecule has 0 saturated heterocycles. The molecule has 1 aromatic heterocycles. The van der Waals surface area contributed by atoms with Crippen LogP contribution in [-0.2, 0) is 0 Å². The van der Waals surface area contributed by atoms with E-state index in [0.29, 0.717) is 6.54 Å². The highest BCUT2D eigenvalue weighted by atomic mass is 16.2. The predicted octanol–water partition coefficient (Wildman–Crippen LogP) is 2.98. The molecule has 0 bridgehead atoms. The van der Waals surface area contributed by atoms with Crippen molar-refractivity contribution in [2.45, 2.75) is 71.1 Å². The van der Waals surface area contributed by atoms with Crippen molar-refractivity contribution in [3.63, 3.8) is 0 Å². The maximum atomic E-state index is 11.6. The van der Waals surface area contributed by atoms with Crippen LogP contribution in [0.2, 0.25) is 0 Å². The molecule has 0 aromatic carbocycles. The van der Waals surface area contributed by atoms with Gasteiger partial charge in [0.15, 0.2) is 0 Å². The molecule has 0 aliphatic rings. The lowest BCUT2D eigenvalue weighted by molar-refractivity contribution is 0.560. The van der Waals surface area contributed by atoms with Gasteiger partial charge in [0.25, 0.3) is 5.56 Å². The summed E-state index contributed by atoms with van der Waals surface area (Å²) in [5.41, 5.74) is 4.83. The molecule has 1 aromatic rings. The normalized spacial score (nSPS) is 10.8. The van der Waals surface area contributed by atoms with E-state index < -0.39 is 11.2 Å². The van der Waals surface area contributed by atoms with Crippen molar-refractivity contribution in [3.05, 3.63) is 20.8 Å². The molecule has 1 rings (SSSR count). The Hall–Kier alpha value is -1.72. The van der Waals surface area contributed by atoms with E-state index in [0.717, 1.165) is 12.8 Å². The van der Waals surface area contributed by atoms with Gasteiger partial charge in [0, 0.05) is 6.54 Å². The number of nitrogens with one attached hydrogen (secondary N) is 3. The van der Waals surface area contributed by atoms with E-state index in [9.17, 15) is 9.59 Å². The number of aromatic nitrogens is 2. The monoisotopic (exact) mass is 310 g/mol. The number of H-pyrrole nitrogens is 2. The summed E-state index contributed by atoms with van der Waals surface area (Å²) in [6, 6.07) is 0. The molecule has 0 amide bonds. The maximum Gasteiger partial charge on any atom is 0.327 e. The summed E-state index contributed by atoms with van der Waals surface area (Å²) in [5, 5.41) is 2.99. The van der Waals surface area contributed by atoms with E-state index in [1.54, 1.807) is 0 Å². The third-order valence-corrected chi connectivity index (χ3v) is 3.80. The lowest BCUT2D eigenvalue weighted by Crippen LogP contribution is -2.27. The van der Waals surface area contributed by atoms with Gasteiger partial charge in [-0.05, 0) is 6.42 Å². The highest BCUT2D eigenvalue weighted by Crippen LogP contribution is 2.11. The van der Waals surface area contributed by atoms with E-state index >= 15 is 0 Å². The molecule has 0 atom stereocenters. The number of aromatic amines is 2. The molecule has 1 heterocycles. The van der Waals surface area contributed by atoms with Gasteiger partial charge in [0.2, 0.25) is 0 Å². The number of unbranched alkanes of at least 4 members (excludes halogenated alkanes) is 9. The Bertz CT molecular complexity index is 522. The van der Waals surface area contributed by atoms with Crippen molar-refractivity contribution < 1.29 is 0 Å². The van der Waals surface area contributed by atoms with Gasteiger partial charge in [0.05, 0.1) is 0 Å². The third-order valence-electron chi connectivity index (χ3n) is 3.80. The van der Waals surface area contributed by atoms with Crippen molar-refractivity contribution in [1.29, 1.82) is 0 Å². The highest BCUT2D eigenvalue weighted by molar-refractivity contribution is 5.59. The predicted molar refractivity (Wildman–Crippen MR) is 92.4 cm³/mol. The number of nitrogen functional groups attached to an aromatic ring is 1. The van der Waals surface area contributed by atoms with Gasteiger partial charge in [-0.3, -0.25) is 14.8 Å². The van der Waals surface area contributed by atoms with Crippen LogP contribution in [-0.4, -0.2) is 16.5 Å². The second kappa shape index (κ2) is 10.9. The van der Waals surface area contributed by atoms with Crippen LogP contribution < -0.4 is 22.3 Å². The van der Waals surface area contributed by atoms with Crippen molar-refractivity contribution in [1.82, 2.24) is 9.97 Å². The number of hydrogen-bond acceptors (Lipinski definition) is 4. The fraction of sp³-hybridized carbons (Fsp3) is 0.750. The molecule has 6 heteroatoms. The average Bonchev–Trinajstić information content (AvgIpc) is 2.46. The molecule has 0 aliphatic heterocycles. The average molecular weight is 310 g/mol. The van der Waals surface area contributed by atoms with Crippen LogP contribution in [0.5, 0.6) is 0 Å². The molecule has 6 nitrogen and oxygen atoms in total. The minimum absolute atomic E-state index is 0.0980. The Labute approximate surface area is 131 Å². The summed E-state index contributed by atoms with van der Waals surface area (Å²) in [7, 11) is 0. The molecule has 0 aliphatic carbocycles. The Morgan fingerprint density at radius 1 is 0.864 bits per heavy atom. The third kappa shape index (κ3) is 7.33. The van der Waals surface area contributed by atoms with Gasteiger partial charge in [-0.25, -0.2) is 4.79 Å². The van der Waals surface area contributed by atoms with Crippen LogP contribution in [0.25, 0.3) is 0 Å². The summed E-state index contributed by atoms with van der Waals surface area (Å²) in [4.78, 5) is 27.1. The first kappa shape index (κ1) is 18.3. The number of anilines is 2. The fourth-order valence-electron chi connectivity index (χ4n) is 2.51. The van der Waals surface area contributed by atoms with Gasteiger partial charge in [-0.1, -0.05) is 64.7 Å². The molecule has 0 fully saturated rings. The van der Waals surface area contributed by atoms with E-state index in [-0.39, 0.29) is 11.5 Å². The van der Waals surface area contributed by atoms with E-state index in [4.69, 9.17) is 5.73 Å². The summed E-state index contributed by atoms with van der Waals surface area (Å²) < 4.78 is 0. The second-order valence-corrected chi connectivity index (χ2v) is 5.81. The summed E-state index contributed by atoms with van der Waals surface area (Å²) >= 11 is 0.